The molecule has 5 rings (SSSR count). The van der Waals surface area contributed by atoms with Crippen LogP contribution in [-0.2, 0) is 0 Å². The molecule has 34 heavy (non-hydrogen) atoms. The van der Waals surface area contributed by atoms with Gasteiger partial charge in [-0.25, -0.2) is 4.39 Å². The minimum atomic E-state index is -0.471. The maximum Gasteiger partial charge on any atom is 0.256 e. The van der Waals surface area contributed by atoms with Crippen molar-refractivity contribution in [2.45, 2.75) is 44.4 Å². The van der Waals surface area contributed by atoms with Crippen LogP contribution in [0.1, 0.15) is 60.4 Å². The van der Waals surface area contributed by atoms with Gasteiger partial charge in [0.05, 0.1) is 12.2 Å². The van der Waals surface area contributed by atoms with Crippen LogP contribution in [0.25, 0.3) is 0 Å². The van der Waals surface area contributed by atoms with Crippen LogP contribution in [0.5, 0.6) is 5.75 Å². The van der Waals surface area contributed by atoms with Crippen LogP contribution >= 0.6 is 23.2 Å². The van der Waals surface area contributed by atoms with E-state index in [4.69, 9.17) is 27.9 Å². The summed E-state index contributed by atoms with van der Waals surface area (Å²) in [7, 11) is 2.10. The SMILES string of the molecule is O=C(c1cc(C2CC2)c(OCC2CCN([B]c3cc(Cl)cc(Cl)c3)CC2)cc1F)N1CCCC1. The van der Waals surface area contributed by atoms with Crippen LogP contribution in [0.4, 0.5) is 4.39 Å². The standard InChI is InChI=1S/C26H29BCl2FN2O2/c28-20-11-19(12-21(29)13-20)27-32-9-5-17(6-10-32)16-34-25-15-24(30)23(14-22(25)18-3-4-18)26(33)31-7-1-2-8-31/h11-15,17-18H,1-10,16H2. The first kappa shape index (κ1) is 24.0. The molecule has 8 heteroatoms. The van der Waals surface area contributed by atoms with Crippen molar-refractivity contribution in [2.75, 3.05) is 32.8 Å². The summed E-state index contributed by atoms with van der Waals surface area (Å²) < 4.78 is 21.1. The molecule has 2 aromatic rings. The van der Waals surface area contributed by atoms with Crippen LogP contribution in [0.15, 0.2) is 30.3 Å². The zero-order valence-electron chi connectivity index (χ0n) is 19.2. The highest BCUT2D eigenvalue weighted by Crippen LogP contribution is 2.45. The Morgan fingerprint density at radius 2 is 1.65 bits per heavy atom. The summed E-state index contributed by atoms with van der Waals surface area (Å²) in [4.78, 5) is 16.8. The molecule has 1 aliphatic carbocycles. The molecular weight excluding hydrogens is 473 g/mol. The number of amides is 1. The Hall–Kier alpha value is -1.76. The van der Waals surface area contributed by atoms with Gasteiger partial charge < -0.3 is 14.4 Å². The van der Waals surface area contributed by atoms with E-state index in [1.807, 2.05) is 12.1 Å². The molecule has 0 atom stereocenters. The third-order valence-corrected chi connectivity index (χ3v) is 7.52. The average Bonchev–Trinajstić information content (AvgIpc) is 3.50. The molecule has 2 aromatic carbocycles. The number of benzene rings is 2. The quantitative estimate of drug-likeness (QED) is 0.484. The molecule has 2 aliphatic heterocycles. The lowest BCUT2D eigenvalue weighted by molar-refractivity contribution is 0.0788. The highest BCUT2D eigenvalue weighted by Gasteiger charge is 2.31. The van der Waals surface area contributed by atoms with E-state index in [1.54, 1.807) is 17.0 Å². The second kappa shape index (κ2) is 10.5. The predicted molar refractivity (Wildman–Crippen MR) is 135 cm³/mol. The molecule has 2 heterocycles. The van der Waals surface area contributed by atoms with Crippen molar-refractivity contribution < 1.29 is 13.9 Å². The zero-order valence-corrected chi connectivity index (χ0v) is 20.8. The number of halogens is 3. The number of carbonyl (C=O) groups excluding carboxylic acids is 1. The maximum atomic E-state index is 14.9. The van der Waals surface area contributed by atoms with Gasteiger partial charge in [-0.15, -0.1) is 0 Å². The Morgan fingerprint density at radius 1 is 0.971 bits per heavy atom. The van der Waals surface area contributed by atoms with E-state index in [0.717, 1.165) is 75.7 Å². The number of nitrogens with zero attached hydrogens (tertiary/aromatic N) is 2. The van der Waals surface area contributed by atoms with Gasteiger partial charge in [0.15, 0.2) is 0 Å². The third kappa shape index (κ3) is 5.72. The fourth-order valence-electron chi connectivity index (χ4n) is 4.98. The van der Waals surface area contributed by atoms with Crippen LogP contribution in [-0.4, -0.2) is 55.8 Å². The number of hydrogen-bond donors (Lipinski definition) is 0. The van der Waals surface area contributed by atoms with Crippen molar-refractivity contribution in [3.05, 3.63) is 57.3 Å². The van der Waals surface area contributed by atoms with E-state index in [0.29, 0.717) is 34.2 Å². The molecule has 1 radical (unpaired) electrons. The van der Waals surface area contributed by atoms with Gasteiger partial charge in [-0.3, -0.25) is 4.79 Å². The number of piperidine rings is 1. The van der Waals surface area contributed by atoms with E-state index in [2.05, 4.69) is 12.2 Å². The van der Waals surface area contributed by atoms with Crippen LogP contribution < -0.4 is 10.2 Å². The lowest BCUT2D eigenvalue weighted by Crippen LogP contribution is -2.42. The fraction of sp³-hybridized carbons (Fsp3) is 0.500. The van der Waals surface area contributed by atoms with Crippen LogP contribution in [0, 0.1) is 11.7 Å². The largest absolute Gasteiger partial charge is 0.493 e. The van der Waals surface area contributed by atoms with E-state index in [9.17, 15) is 9.18 Å². The molecule has 0 spiro atoms. The maximum absolute atomic E-state index is 14.9. The Kier molecular flexibility index (Phi) is 7.38. The Morgan fingerprint density at radius 3 is 2.29 bits per heavy atom. The molecule has 2 saturated heterocycles. The molecule has 1 amide bonds. The second-order valence-corrected chi connectivity index (χ2v) is 10.6. The van der Waals surface area contributed by atoms with Crippen LogP contribution in [0.2, 0.25) is 10.0 Å². The summed E-state index contributed by atoms with van der Waals surface area (Å²) in [5, 5.41) is 1.27. The smallest absolute Gasteiger partial charge is 0.256 e. The molecule has 3 aliphatic rings. The lowest BCUT2D eigenvalue weighted by atomic mass is 9.78. The van der Waals surface area contributed by atoms with Crippen molar-refractivity contribution in [1.29, 1.82) is 0 Å². The average molecular weight is 502 g/mol. The summed E-state index contributed by atoms with van der Waals surface area (Å²) in [5.74, 6) is 0.741. The molecule has 0 N–H and O–H groups in total. The fourth-order valence-corrected chi connectivity index (χ4v) is 5.52. The first-order valence-corrected chi connectivity index (χ1v) is 13.0. The second-order valence-electron chi connectivity index (χ2n) is 9.77. The van der Waals surface area contributed by atoms with E-state index >= 15 is 0 Å². The summed E-state index contributed by atoms with van der Waals surface area (Å²) in [6.07, 6.45) is 6.12. The van der Waals surface area contributed by atoms with Gasteiger partial charge in [0.1, 0.15) is 11.6 Å². The van der Waals surface area contributed by atoms with Gasteiger partial charge in [-0.1, -0.05) is 28.7 Å². The van der Waals surface area contributed by atoms with Gasteiger partial charge in [0, 0.05) is 29.2 Å². The molecule has 179 valence electrons. The topological polar surface area (TPSA) is 32.8 Å². The van der Waals surface area contributed by atoms with Gasteiger partial charge in [-0.05, 0) is 93.3 Å². The van der Waals surface area contributed by atoms with Gasteiger partial charge in [-0.2, -0.15) is 0 Å². The summed E-state index contributed by atoms with van der Waals surface area (Å²) in [6, 6.07) is 8.76. The summed E-state index contributed by atoms with van der Waals surface area (Å²) in [5.41, 5.74) is 2.19. The molecule has 0 unspecified atom stereocenters. The molecule has 1 saturated carbocycles. The van der Waals surface area contributed by atoms with Crippen molar-refractivity contribution >= 4 is 42.0 Å². The highest BCUT2D eigenvalue weighted by atomic mass is 35.5. The summed E-state index contributed by atoms with van der Waals surface area (Å²) >= 11 is 12.2. The van der Waals surface area contributed by atoms with Crippen LogP contribution in [0.3, 0.4) is 0 Å². The number of likely N-dealkylation sites (tertiary alicyclic amines) is 1. The minimum Gasteiger partial charge on any atom is -0.493 e. The number of rotatable bonds is 7. The van der Waals surface area contributed by atoms with Gasteiger partial charge >= 0.3 is 0 Å². The normalized spacial score (nSPS) is 19.4. The molecule has 0 bridgehead atoms. The lowest BCUT2D eigenvalue weighted by Gasteiger charge is -2.32. The van der Waals surface area contributed by atoms with Gasteiger partial charge in [0.2, 0.25) is 7.41 Å². The van der Waals surface area contributed by atoms with Crippen molar-refractivity contribution in [3.8, 4) is 5.75 Å². The van der Waals surface area contributed by atoms with E-state index < -0.39 is 5.82 Å². The van der Waals surface area contributed by atoms with Crippen molar-refractivity contribution in [2.24, 2.45) is 5.92 Å². The first-order valence-electron chi connectivity index (χ1n) is 12.3. The zero-order chi connectivity index (χ0) is 23.7. The number of hydrogen-bond acceptors (Lipinski definition) is 3. The monoisotopic (exact) mass is 501 g/mol. The Bertz CT molecular complexity index is 1030. The molecule has 4 nitrogen and oxygen atoms in total. The van der Waals surface area contributed by atoms with E-state index in [1.165, 1.54) is 6.07 Å². The number of carbonyl (C=O) groups is 1. The predicted octanol–water partition coefficient (Wildman–Crippen LogP) is 5.28. The number of ether oxygens (including phenoxy) is 1. The molecule has 3 fully saturated rings. The Labute approximate surface area is 211 Å². The molecular formula is C26H29BCl2FN2O2. The van der Waals surface area contributed by atoms with Crippen molar-refractivity contribution in [3.63, 3.8) is 0 Å². The highest BCUT2D eigenvalue weighted by molar-refractivity contribution is 6.52. The third-order valence-electron chi connectivity index (χ3n) is 7.08. The summed E-state index contributed by atoms with van der Waals surface area (Å²) in [6.45, 7) is 3.84. The molecule has 0 aromatic heterocycles. The first-order chi connectivity index (χ1) is 16.5. The Balaban J connectivity index is 1.18. The van der Waals surface area contributed by atoms with E-state index in [-0.39, 0.29) is 11.5 Å². The minimum absolute atomic E-state index is 0.187. The van der Waals surface area contributed by atoms with Crippen molar-refractivity contribution in [1.82, 2.24) is 9.71 Å². The van der Waals surface area contributed by atoms with Gasteiger partial charge in [0.25, 0.3) is 5.91 Å².